The Hall–Kier alpha value is 2.67. The van der Waals surface area contributed by atoms with E-state index in [-0.39, 0.29) is 0 Å². The summed E-state index contributed by atoms with van der Waals surface area (Å²) in [7, 11) is -43.2. The average Bonchev–Trinajstić information content (AvgIpc) is 2.91. The Kier molecular flexibility index (Phi) is 20.0. The van der Waals surface area contributed by atoms with E-state index in [1.807, 2.05) is 78.6 Å². The zero-order valence-corrected chi connectivity index (χ0v) is 52.5. The van der Waals surface area contributed by atoms with Gasteiger partial charge in [0, 0.05) is 14.2 Å². The molecular formula is C18H64O20Si16. The quantitative estimate of drug-likeness (QED) is 0.204. The van der Waals surface area contributed by atoms with Crippen molar-refractivity contribution in [2.45, 2.75) is 105 Å². The van der Waals surface area contributed by atoms with Crippen molar-refractivity contribution in [3.8, 4) is 0 Å². The SMILES string of the molecule is CO[SiH](C)C.CO[SiH](C)C.C[SiH](C)O[Si]12O[SiH]3O[Si]4(O[SiH](C)C)O[Si](O[SiH](C)C)(O[SiH]5O[Si](O[SiH](C)C)(O1)O[Si](O[SiH](C)C)(O3)O[Si](O[SiH](C)C)(O5)O4)O2. The molecule has 0 radical (unpaired) electrons. The zero-order chi connectivity index (χ0) is 40.9. The van der Waals surface area contributed by atoms with Gasteiger partial charge in [-0.2, -0.15) is 0 Å². The molecule has 0 aliphatic carbocycles. The third-order valence-corrected chi connectivity index (χ3v) is 49.8. The Balaban J connectivity index is 0.000000695. The first-order valence-corrected chi connectivity index (χ1v) is 53.1. The van der Waals surface area contributed by atoms with Crippen LogP contribution in [0.5, 0.6) is 0 Å². The Bertz CT molecular complexity index is 941. The van der Waals surface area contributed by atoms with Crippen molar-refractivity contribution in [3.05, 3.63) is 0 Å². The molecule has 6 fully saturated rings. The van der Waals surface area contributed by atoms with E-state index >= 15 is 0 Å². The topological polar surface area (TPSA) is 185 Å². The van der Waals surface area contributed by atoms with E-state index in [4.69, 9.17) is 82.9 Å². The molecule has 6 aliphatic heterocycles. The van der Waals surface area contributed by atoms with E-state index in [2.05, 4.69) is 26.2 Å². The molecule has 6 heterocycles. The van der Waals surface area contributed by atoms with E-state index in [0.717, 1.165) is 0 Å². The van der Waals surface area contributed by atoms with Gasteiger partial charge in [0.25, 0.3) is 0 Å². The van der Waals surface area contributed by atoms with Crippen LogP contribution in [0.15, 0.2) is 0 Å². The van der Waals surface area contributed by atoms with Crippen LogP contribution in [0.1, 0.15) is 0 Å². The van der Waals surface area contributed by atoms with Crippen LogP contribution < -0.4 is 0 Å². The summed E-state index contributed by atoms with van der Waals surface area (Å²) < 4.78 is 129. The van der Waals surface area contributed by atoms with Gasteiger partial charge in [-0.25, -0.2) is 0 Å². The highest BCUT2D eigenvalue weighted by atomic mass is 28.7. The Labute approximate surface area is 345 Å². The standard InChI is InChI=1S/C12H44O18Si14.2C3H10OSi/c1-31(2)13-39-19-37-20-42(16-34(7)8)27-40(25-39,14-32(3)4)22-38-23-41(26-39,15-33(5)6)28-43(21-37,17-35(9)10)30-44(24-38,29-42)18-36(11)12;2*1-4-5(2)3/h31-38H,1-12H3;2*5H,1-3H3. The van der Waals surface area contributed by atoms with Crippen molar-refractivity contribution in [1.29, 1.82) is 0 Å². The summed E-state index contributed by atoms with van der Waals surface area (Å²) in [4.78, 5) is 0. The van der Waals surface area contributed by atoms with Crippen LogP contribution in [0.3, 0.4) is 0 Å². The predicted octanol–water partition coefficient (Wildman–Crippen LogP) is -0.466. The fourth-order valence-electron chi connectivity index (χ4n) is 4.37. The van der Waals surface area contributed by atoms with Crippen LogP contribution >= 0.6 is 0 Å². The van der Waals surface area contributed by atoms with Crippen molar-refractivity contribution in [3.63, 3.8) is 0 Å². The minimum absolute atomic E-state index is 0.650. The second-order valence-electron chi connectivity index (χ2n) is 14.5. The third kappa shape index (κ3) is 14.9. The molecule has 0 amide bonds. The molecule has 6 rings (SSSR count). The zero-order valence-electron chi connectivity index (χ0n) is 34.9. The van der Waals surface area contributed by atoms with Crippen LogP contribution in [0.4, 0.5) is 0 Å². The molecule has 20 nitrogen and oxygen atoms in total. The van der Waals surface area contributed by atoms with Gasteiger partial charge in [-0.05, 0) is 105 Å². The molecule has 6 saturated heterocycles. The van der Waals surface area contributed by atoms with Gasteiger partial charge in [0.2, 0.25) is 0 Å². The Morgan fingerprint density at radius 1 is 0.278 bits per heavy atom. The first-order valence-electron chi connectivity index (χ1n) is 18.3. The molecule has 0 atom stereocenters. The summed E-state index contributed by atoms with van der Waals surface area (Å²) >= 11 is 0. The van der Waals surface area contributed by atoms with Crippen LogP contribution in [0, 0.1) is 0 Å². The lowest BCUT2D eigenvalue weighted by Crippen LogP contribution is -2.87. The van der Waals surface area contributed by atoms with Gasteiger partial charge in [-0.15, -0.1) is 0 Å². The molecule has 0 N–H and O–H groups in total. The van der Waals surface area contributed by atoms with Crippen LogP contribution in [0.25, 0.3) is 0 Å². The van der Waals surface area contributed by atoms with Crippen LogP contribution in [-0.4, -0.2) is 160 Å². The molecule has 0 unspecified atom stereocenters. The molecule has 6 aliphatic rings. The van der Waals surface area contributed by atoms with Gasteiger partial charge >= 0.3 is 73.3 Å². The first kappa shape index (κ1) is 51.0. The molecule has 36 heteroatoms. The molecule has 0 saturated carbocycles. The fourth-order valence-corrected chi connectivity index (χ4v) is 57.6. The predicted molar refractivity (Wildman–Crippen MR) is 233 cm³/mol. The molecule has 0 aromatic carbocycles. The fraction of sp³-hybridized carbons (Fsp3) is 1.00. The minimum atomic E-state index is -4.40. The van der Waals surface area contributed by atoms with Crippen molar-refractivity contribution in [2.75, 3.05) is 14.2 Å². The Morgan fingerprint density at radius 3 is 0.500 bits per heavy atom. The van der Waals surface area contributed by atoms with Crippen molar-refractivity contribution in [2.24, 2.45) is 0 Å². The monoisotopic (exact) mass is 1050 g/mol. The maximum absolute atomic E-state index is 6.76. The first-order chi connectivity index (χ1) is 24.9. The van der Waals surface area contributed by atoms with Gasteiger partial charge in [-0.1, -0.05) is 0 Å². The van der Waals surface area contributed by atoms with Crippen molar-refractivity contribution in [1.82, 2.24) is 0 Å². The smallest absolute Gasteiger partial charge is 0.424 e. The molecule has 320 valence electrons. The summed E-state index contributed by atoms with van der Waals surface area (Å²) in [6.07, 6.45) is 0. The second kappa shape index (κ2) is 21.2. The van der Waals surface area contributed by atoms with Crippen molar-refractivity contribution >= 4 is 146 Å². The summed E-state index contributed by atoms with van der Waals surface area (Å²) in [6.45, 7) is 31.8. The van der Waals surface area contributed by atoms with Gasteiger partial charge < -0.3 is 82.9 Å². The highest BCUT2D eigenvalue weighted by Gasteiger charge is 2.84. The minimum Gasteiger partial charge on any atom is -0.424 e. The summed E-state index contributed by atoms with van der Waals surface area (Å²) in [5.41, 5.74) is 0. The molecule has 8 bridgehead atoms. The van der Waals surface area contributed by atoms with Gasteiger partial charge in [0.1, 0.15) is 0 Å². The normalized spacial score (nSPS) is 37.4. The number of hydrogen-bond donors (Lipinski definition) is 0. The van der Waals surface area contributed by atoms with Gasteiger partial charge in [0.15, 0.2) is 72.3 Å². The lowest BCUT2D eigenvalue weighted by molar-refractivity contribution is -0.0948. The molecule has 0 aromatic rings. The van der Waals surface area contributed by atoms with E-state index in [1.165, 1.54) is 0 Å². The highest BCUT2D eigenvalue weighted by molar-refractivity contribution is 6.98. The third-order valence-electron chi connectivity index (χ3n) is 6.17. The molecule has 0 aromatic heterocycles. The summed E-state index contributed by atoms with van der Waals surface area (Å²) in [5, 5.41) is 0. The maximum atomic E-state index is 6.76. The maximum Gasteiger partial charge on any atom is 0.649 e. The average molecular weight is 1050 g/mol. The van der Waals surface area contributed by atoms with Crippen molar-refractivity contribution < 1.29 is 82.9 Å². The lowest BCUT2D eigenvalue weighted by atomic mass is 11.8. The van der Waals surface area contributed by atoms with E-state index in [1.54, 1.807) is 14.2 Å². The second-order valence-corrected chi connectivity index (χ2v) is 55.6. The van der Waals surface area contributed by atoms with Crippen LogP contribution in [-0.2, 0) is 82.9 Å². The highest BCUT2D eigenvalue weighted by Crippen LogP contribution is 2.46. The largest absolute Gasteiger partial charge is 0.649 e. The summed E-state index contributed by atoms with van der Waals surface area (Å²) in [5.74, 6) is 0. The van der Waals surface area contributed by atoms with Gasteiger partial charge in [-0.3, -0.25) is 0 Å². The molecular weight excluding hydrogens is 986 g/mol. The van der Waals surface area contributed by atoms with Crippen LogP contribution in [0.2, 0.25) is 105 Å². The van der Waals surface area contributed by atoms with Gasteiger partial charge in [0.05, 0.1) is 0 Å². The molecule has 54 heavy (non-hydrogen) atoms. The number of rotatable bonds is 14. The van der Waals surface area contributed by atoms with E-state index in [0.29, 0.717) is 0 Å². The summed E-state index contributed by atoms with van der Waals surface area (Å²) in [6, 6.07) is 0. The van der Waals surface area contributed by atoms with E-state index < -0.39 is 146 Å². The number of hydrogen-bond acceptors (Lipinski definition) is 20. The molecule has 0 spiro atoms. The Morgan fingerprint density at radius 2 is 0.407 bits per heavy atom. The van der Waals surface area contributed by atoms with E-state index in [9.17, 15) is 0 Å². The lowest BCUT2D eigenvalue weighted by Gasteiger charge is -2.56.